The van der Waals surface area contributed by atoms with Crippen LogP contribution in [0.25, 0.3) is 0 Å². The van der Waals surface area contributed by atoms with Crippen molar-refractivity contribution >= 4 is 17.8 Å². The topological polar surface area (TPSA) is 143 Å². The third-order valence-electron chi connectivity index (χ3n) is 5.07. The van der Waals surface area contributed by atoms with Crippen molar-refractivity contribution in [3.8, 4) is 0 Å². The van der Waals surface area contributed by atoms with E-state index >= 15 is 0 Å². The summed E-state index contributed by atoms with van der Waals surface area (Å²) >= 11 is 0. The van der Waals surface area contributed by atoms with Crippen LogP contribution in [0.15, 0.2) is 16.6 Å². The van der Waals surface area contributed by atoms with Gasteiger partial charge in [-0.1, -0.05) is 6.08 Å². The molecule has 0 saturated carbocycles. The summed E-state index contributed by atoms with van der Waals surface area (Å²) < 4.78 is 5.57. The molecular formula is C18H31N5O4. The number of carbonyl (C=O) groups excluding carboxylic acids is 1. The van der Waals surface area contributed by atoms with Crippen LogP contribution >= 0.6 is 0 Å². The molecule has 0 aromatic rings. The largest absolute Gasteiger partial charge is 0.478 e. The normalized spacial score (nSPS) is 28.9. The Hall–Kier alpha value is -2.13. The molecule has 6 N–H and O–H groups in total. The highest BCUT2D eigenvalue weighted by atomic mass is 16.5. The molecule has 0 bridgehead atoms. The average Bonchev–Trinajstić information content (AvgIpc) is 2.60. The number of nitrogens with zero attached hydrogens (tertiary/aromatic N) is 2. The molecule has 0 radical (unpaired) electrons. The SMILES string of the molecule is CCOC[C@@H]1CCCN(C2C=C(C(=O)O)C[C@H](N=C(N)N)[C@H]2NC(C)=O)C1. The molecule has 1 aliphatic heterocycles. The number of carboxylic acids is 1. The zero-order valence-electron chi connectivity index (χ0n) is 16.1. The maximum atomic E-state index is 11.8. The number of amides is 1. The number of carbonyl (C=O) groups is 2. The predicted octanol–water partition coefficient (Wildman–Crippen LogP) is -0.335. The number of nitrogens with one attached hydrogen (secondary N) is 1. The first kappa shape index (κ1) is 21.2. The Labute approximate surface area is 159 Å². The van der Waals surface area contributed by atoms with E-state index in [2.05, 4.69) is 15.2 Å². The molecule has 1 saturated heterocycles. The van der Waals surface area contributed by atoms with Gasteiger partial charge >= 0.3 is 5.97 Å². The van der Waals surface area contributed by atoms with Crippen LogP contribution in [0.5, 0.6) is 0 Å². The van der Waals surface area contributed by atoms with Crippen molar-refractivity contribution in [1.29, 1.82) is 0 Å². The van der Waals surface area contributed by atoms with E-state index in [1.54, 1.807) is 6.08 Å². The van der Waals surface area contributed by atoms with Crippen molar-refractivity contribution < 1.29 is 19.4 Å². The number of rotatable bonds is 7. The molecule has 27 heavy (non-hydrogen) atoms. The summed E-state index contributed by atoms with van der Waals surface area (Å²) in [5.41, 5.74) is 11.4. The Bertz CT molecular complexity index is 603. The van der Waals surface area contributed by atoms with Crippen LogP contribution in [0.3, 0.4) is 0 Å². The van der Waals surface area contributed by atoms with E-state index in [0.29, 0.717) is 19.1 Å². The molecule has 0 spiro atoms. The van der Waals surface area contributed by atoms with Crippen molar-refractivity contribution in [3.63, 3.8) is 0 Å². The van der Waals surface area contributed by atoms with E-state index in [9.17, 15) is 14.7 Å². The van der Waals surface area contributed by atoms with E-state index in [1.165, 1.54) is 6.92 Å². The fourth-order valence-electron chi connectivity index (χ4n) is 3.97. The van der Waals surface area contributed by atoms with Crippen LogP contribution in [0.2, 0.25) is 0 Å². The average molecular weight is 381 g/mol. The van der Waals surface area contributed by atoms with Crippen molar-refractivity contribution in [2.75, 3.05) is 26.3 Å². The molecule has 1 fully saturated rings. The minimum Gasteiger partial charge on any atom is -0.478 e. The Balaban J connectivity index is 2.31. The number of guanidine groups is 1. The van der Waals surface area contributed by atoms with Crippen LogP contribution in [0, 0.1) is 5.92 Å². The van der Waals surface area contributed by atoms with Crippen LogP contribution < -0.4 is 16.8 Å². The predicted molar refractivity (Wildman–Crippen MR) is 102 cm³/mol. The summed E-state index contributed by atoms with van der Waals surface area (Å²) in [5, 5.41) is 12.5. The molecule has 1 amide bonds. The van der Waals surface area contributed by atoms with Gasteiger partial charge in [-0.25, -0.2) is 9.79 Å². The summed E-state index contributed by atoms with van der Waals surface area (Å²) in [6, 6.07) is -1.20. The van der Waals surface area contributed by atoms with Crippen molar-refractivity contribution in [2.45, 2.75) is 51.2 Å². The monoisotopic (exact) mass is 381 g/mol. The van der Waals surface area contributed by atoms with Crippen LogP contribution in [-0.2, 0) is 14.3 Å². The number of nitrogens with two attached hydrogens (primary N) is 2. The van der Waals surface area contributed by atoms with Crippen molar-refractivity contribution in [3.05, 3.63) is 11.6 Å². The third-order valence-corrected chi connectivity index (χ3v) is 5.07. The fraction of sp³-hybridized carbons (Fsp3) is 0.722. The first-order chi connectivity index (χ1) is 12.8. The molecule has 152 valence electrons. The van der Waals surface area contributed by atoms with Gasteiger partial charge in [-0.15, -0.1) is 0 Å². The van der Waals surface area contributed by atoms with Gasteiger partial charge < -0.3 is 26.6 Å². The number of hydrogen-bond donors (Lipinski definition) is 4. The molecule has 2 aliphatic rings. The van der Waals surface area contributed by atoms with E-state index < -0.39 is 18.1 Å². The molecule has 1 aliphatic carbocycles. The number of likely N-dealkylation sites (tertiary alicyclic amines) is 1. The Morgan fingerprint density at radius 1 is 1.44 bits per heavy atom. The smallest absolute Gasteiger partial charge is 0.331 e. The van der Waals surface area contributed by atoms with Crippen LogP contribution in [0.4, 0.5) is 0 Å². The lowest BCUT2D eigenvalue weighted by atomic mass is 9.84. The first-order valence-electron chi connectivity index (χ1n) is 9.43. The van der Waals surface area contributed by atoms with E-state index in [1.807, 2.05) is 6.92 Å². The van der Waals surface area contributed by atoms with Gasteiger partial charge in [0, 0.05) is 32.1 Å². The molecular weight excluding hydrogens is 350 g/mol. The van der Waals surface area contributed by atoms with Gasteiger partial charge in [0.1, 0.15) is 0 Å². The maximum Gasteiger partial charge on any atom is 0.331 e. The lowest BCUT2D eigenvalue weighted by Crippen LogP contribution is -2.59. The summed E-state index contributed by atoms with van der Waals surface area (Å²) in [6.07, 6.45) is 3.97. The van der Waals surface area contributed by atoms with Gasteiger partial charge in [-0.05, 0) is 32.2 Å². The molecule has 9 nitrogen and oxygen atoms in total. The summed E-state index contributed by atoms with van der Waals surface area (Å²) in [6.45, 7) is 6.35. The number of carboxylic acid groups (broad SMARTS) is 1. The lowest BCUT2D eigenvalue weighted by Gasteiger charge is -2.44. The van der Waals surface area contributed by atoms with Gasteiger partial charge in [-0.3, -0.25) is 9.69 Å². The second kappa shape index (κ2) is 9.70. The zero-order chi connectivity index (χ0) is 20.0. The summed E-state index contributed by atoms with van der Waals surface area (Å²) in [5.74, 6) is -0.925. The minimum atomic E-state index is -0.986. The maximum absolute atomic E-state index is 11.8. The summed E-state index contributed by atoms with van der Waals surface area (Å²) in [7, 11) is 0. The molecule has 0 aromatic heterocycles. The highest BCUT2D eigenvalue weighted by molar-refractivity contribution is 5.87. The van der Waals surface area contributed by atoms with E-state index in [4.69, 9.17) is 16.2 Å². The number of hydrogen-bond acceptors (Lipinski definition) is 5. The van der Waals surface area contributed by atoms with Gasteiger partial charge in [0.2, 0.25) is 5.91 Å². The minimum absolute atomic E-state index is 0.117. The van der Waals surface area contributed by atoms with Crippen molar-refractivity contribution in [1.82, 2.24) is 10.2 Å². The zero-order valence-corrected chi connectivity index (χ0v) is 16.1. The third kappa shape index (κ3) is 5.93. The highest BCUT2D eigenvalue weighted by Crippen LogP contribution is 2.29. The molecule has 4 atom stereocenters. The lowest BCUT2D eigenvalue weighted by molar-refractivity contribution is -0.133. The molecule has 2 rings (SSSR count). The van der Waals surface area contributed by atoms with E-state index in [0.717, 1.165) is 25.9 Å². The summed E-state index contributed by atoms with van der Waals surface area (Å²) in [4.78, 5) is 29.9. The van der Waals surface area contributed by atoms with Crippen LogP contribution in [-0.4, -0.2) is 72.3 Å². The number of piperidine rings is 1. The molecule has 0 aromatic carbocycles. The van der Waals surface area contributed by atoms with Crippen molar-refractivity contribution in [2.24, 2.45) is 22.4 Å². The van der Waals surface area contributed by atoms with Gasteiger partial charge in [0.05, 0.1) is 24.7 Å². The molecule has 1 heterocycles. The second-order valence-corrected chi connectivity index (χ2v) is 7.20. The number of aliphatic carboxylic acids is 1. The molecule has 1 unspecified atom stereocenters. The number of aliphatic imine (C=N–C) groups is 1. The molecule has 9 heteroatoms. The second-order valence-electron chi connectivity index (χ2n) is 7.20. The highest BCUT2D eigenvalue weighted by Gasteiger charge is 2.40. The van der Waals surface area contributed by atoms with Gasteiger partial charge in [-0.2, -0.15) is 0 Å². The quantitative estimate of drug-likeness (QED) is 0.349. The first-order valence-corrected chi connectivity index (χ1v) is 9.43. The van der Waals surface area contributed by atoms with Crippen LogP contribution in [0.1, 0.15) is 33.1 Å². The Morgan fingerprint density at radius 2 is 2.19 bits per heavy atom. The van der Waals surface area contributed by atoms with E-state index in [-0.39, 0.29) is 29.9 Å². The Kier molecular flexibility index (Phi) is 7.61. The Morgan fingerprint density at radius 3 is 2.78 bits per heavy atom. The number of ether oxygens (including phenoxy) is 1. The van der Waals surface area contributed by atoms with Gasteiger partial charge in [0.25, 0.3) is 0 Å². The standard InChI is InChI=1S/C18H31N5O4/c1-3-27-10-12-5-4-6-23(9-12)15-8-13(17(25)26)7-14(22-18(19)20)16(15)21-11(2)24/h8,12,14-16H,3-7,9-10H2,1-2H3,(H,21,24)(H,25,26)(H4,19,20,22)/t12-,14+,15?,16-/m1/s1. The fourth-order valence-corrected chi connectivity index (χ4v) is 3.97. The van der Waals surface area contributed by atoms with Gasteiger partial charge in [0.15, 0.2) is 5.96 Å².